The minimum absolute atomic E-state index is 0.0121. The van der Waals surface area contributed by atoms with Crippen LogP contribution in [0.2, 0.25) is 5.02 Å². The van der Waals surface area contributed by atoms with E-state index in [9.17, 15) is 13.6 Å². The number of aldehydes is 1. The molecule has 1 fully saturated rings. The number of hydrogen-bond donors (Lipinski definition) is 0. The van der Waals surface area contributed by atoms with Crippen molar-refractivity contribution in [2.75, 3.05) is 31.1 Å². The maximum absolute atomic E-state index is 13.6. The van der Waals surface area contributed by atoms with Crippen LogP contribution >= 0.6 is 11.6 Å². The number of carbonyl (C=O) groups excluding carboxylic acids is 1. The summed E-state index contributed by atoms with van der Waals surface area (Å²) in [6.45, 7) is 2.35. The van der Waals surface area contributed by atoms with Gasteiger partial charge >= 0.3 is 0 Å². The lowest BCUT2D eigenvalue weighted by molar-refractivity contribution is -0.133. The third-order valence-corrected chi connectivity index (χ3v) is 4.61. The Morgan fingerprint density at radius 2 is 2.00 bits per heavy atom. The van der Waals surface area contributed by atoms with E-state index >= 15 is 0 Å². The molecule has 1 aromatic carbocycles. The smallest absolute Gasteiger partial charge is 0.167 e. The first-order valence-electron chi connectivity index (χ1n) is 8.18. The van der Waals surface area contributed by atoms with Gasteiger partial charge in [0.15, 0.2) is 12.5 Å². The van der Waals surface area contributed by atoms with Crippen molar-refractivity contribution < 1.29 is 18.3 Å². The molecule has 2 heterocycles. The van der Waals surface area contributed by atoms with Crippen LogP contribution in [0.5, 0.6) is 0 Å². The SMILES string of the molecule is O=CC(OCc1ccncc1F)N1CCN(c2ccc(F)cc2Cl)CC1. The fraction of sp³-hybridized carbons (Fsp3) is 0.333. The molecule has 138 valence electrons. The van der Waals surface area contributed by atoms with Gasteiger partial charge < -0.3 is 9.64 Å². The second kappa shape index (κ2) is 8.53. The summed E-state index contributed by atoms with van der Waals surface area (Å²) in [4.78, 5) is 19.0. The highest BCUT2D eigenvalue weighted by Gasteiger charge is 2.25. The molecule has 0 radical (unpaired) electrons. The standard InChI is InChI=1S/C18H18ClF2N3O2/c19-15-9-14(20)1-2-17(15)23-5-7-24(8-6-23)18(11-25)26-12-13-3-4-22-10-16(13)21/h1-4,9-11,18H,5-8,12H2. The molecule has 1 atom stereocenters. The number of anilines is 1. The average Bonchev–Trinajstić information content (AvgIpc) is 2.64. The molecule has 26 heavy (non-hydrogen) atoms. The molecule has 5 nitrogen and oxygen atoms in total. The summed E-state index contributed by atoms with van der Waals surface area (Å²) in [5.41, 5.74) is 1.11. The summed E-state index contributed by atoms with van der Waals surface area (Å²) in [6, 6.07) is 5.82. The Kier molecular flexibility index (Phi) is 6.13. The van der Waals surface area contributed by atoms with Crippen LogP contribution in [-0.2, 0) is 16.1 Å². The summed E-state index contributed by atoms with van der Waals surface area (Å²) < 4.78 is 32.4. The van der Waals surface area contributed by atoms with Crippen molar-refractivity contribution in [3.63, 3.8) is 0 Å². The van der Waals surface area contributed by atoms with Gasteiger partial charge in [-0.2, -0.15) is 0 Å². The zero-order valence-electron chi connectivity index (χ0n) is 13.9. The molecule has 1 aliphatic rings. The van der Waals surface area contributed by atoms with Crippen LogP contribution in [0.4, 0.5) is 14.5 Å². The lowest BCUT2D eigenvalue weighted by Gasteiger charge is -2.38. The van der Waals surface area contributed by atoms with Crippen LogP contribution in [0.25, 0.3) is 0 Å². The number of nitrogens with zero attached hydrogens (tertiary/aromatic N) is 3. The van der Waals surface area contributed by atoms with E-state index in [-0.39, 0.29) is 12.4 Å². The van der Waals surface area contributed by atoms with Gasteiger partial charge in [0.1, 0.15) is 11.6 Å². The minimum Gasteiger partial charge on any atom is -0.368 e. The van der Waals surface area contributed by atoms with E-state index in [1.165, 1.54) is 24.4 Å². The van der Waals surface area contributed by atoms with Crippen LogP contribution in [0.3, 0.4) is 0 Å². The van der Waals surface area contributed by atoms with Gasteiger partial charge in [0, 0.05) is 37.9 Å². The fourth-order valence-corrected chi connectivity index (χ4v) is 3.17. The van der Waals surface area contributed by atoms with Crippen LogP contribution in [-0.4, -0.2) is 48.6 Å². The molecule has 0 aliphatic carbocycles. The molecule has 0 N–H and O–H groups in total. The average molecular weight is 382 g/mol. The quantitative estimate of drug-likeness (QED) is 0.720. The largest absolute Gasteiger partial charge is 0.368 e. The molecular formula is C18H18ClF2N3O2. The third kappa shape index (κ3) is 4.35. The van der Waals surface area contributed by atoms with Crippen molar-refractivity contribution in [3.05, 3.63) is 58.9 Å². The number of aromatic nitrogens is 1. The van der Waals surface area contributed by atoms with Crippen LogP contribution < -0.4 is 4.90 Å². The number of pyridine rings is 1. The molecule has 2 aromatic rings. The summed E-state index contributed by atoms with van der Waals surface area (Å²) in [5, 5.41) is 0.356. The van der Waals surface area contributed by atoms with Crippen molar-refractivity contribution in [1.82, 2.24) is 9.88 Å². The molecular weight excluding hydrogens is 364 g/mol. The zero-order chi connectivity index (χ0) is 18.5. The van der Waals surface area contributed by atoms with E-state index in [4.69, 9.17) is 16.3 Å². The van der Waals surface area contributed by atoms with Gasteiger partial charge in [-0.25, -0.2) is 8.78 Å². The van der Waals surface area contributed by atoms with Gasteiger partial charge in [-0.3, -0.25) is 14.7 Å². The number of hydrogen-bond acceptors (Lipinski definition) is 5. The number of benzene rings is 1. The van der Waals surface area contributed by atoms with Crippen molar-refractivity contribution in [2.24, 2.45) is 0 Å². The van der Waals surface area contributed by atoms with Gasteiger partial charge in [-0.15, -0.1) is 0 Å². The maximum Gasteiger partial charge on any atom is 0.167 e. The second-order valence-electron chi connectivity index (χ2n) is 5.92. The Balaban J connectivity index is 1.57. The van der Waals surface area contributed by atoms with E-state index in [1.807, 2.05) is 9.80 Å². The molecule has 1 aromatic heterocycles. The summed E-state index contributed by atoms with van der Waals surface area (Å²) in [7, 11) is 0. The second-order valence-corrected chi connectivity index (χ2v) is 6.33. The van der Waals surface area contributed by atoms with E-state index in [2.05, 4.69) is 4.98 Å². The normalized spacial score (nSPS) is 16.5. The zero-order valence-corrected chi connectivity index (χ0v) is 14.7. The lowest BCUT2D eigenvalue weighted by Crippen LogP contribution is -2.51. The highest BCUT2D eigenvalue weighted by Crippen LogP contribution is 2.27. The number of halogens is 3. The Morgan fingerprint density at radius 1 is 1.23 bits per heavy atom. The highest BCUT2D eigenvalue weighted by atomic mass is 35.5. The van der Waals surface area contributed by atoms with Gasteiger partial charge in [-0.1, -0.05) is 11.6 Å². The Labute approximate surface area is 155 Å². The number of rotatable bonds is 6. The van der Waals surface area contributed by atoms with Crippen LogP contribution in [0.15, 0.2) is 36.7 Å². The summed E-state index contributed by atoms with van der Waals surface area (Å²) >= 11 is 6.10. The van der Waals surface area contributed by atoms with Crippen molar-refractivity contribution in [1.29, 1.82) is 0 Å². The first-order chi connectivity index (χ1) is 12.6. The van der Waals surface area contributed by atoms with E-state index in [0.29, 0.717) is 43.1 Å². The molecule has 0 amide bonds. The molecule has 8 heteroatoms. The molecule has 0 saturated carbocycles. The van der Waals surface area contributed by atoms with Crippen LogP contribution in [0.1, 0.15) is 5.56 Å². The summed E-state index contributed by atoms with van der Waals surface area (Å²) in [5.74, 6) is -0.844. The predicted molar refractivity (Wildman–Crippen MR) is 94.0 cm³/mol. The van der Waals surface area contributed by atoms with Crippen LogP contribution in [0, 0.1) is 11.6 Å². The molecule has 1 saturated heterocycles. The van der Waals surface area contributed by atoms with Crippen molar-refractivity contribution in [2.45, 2.75) is 12.8 Å². The van der Waals surface area contributed by atoms with E-state index < -0.39 is 12.0 Å². The Morgan fingerprint density at radius 3 is 2.65 bits per heavy atom. The van der Waals surface area contributed by atoms with Gasteiger partial charge in [-0.05, 0) is 24.3 Å². The maximum atomic E-state index is 13.6. The Bertz CT molecular complexity index is 770. The van der Waals surface area contributed by atoms with Crippen molar-refractivity contribution >= 4 is 23.6 Å². The van der Waals surface area contributed by atoms with Gasteiger partial charge in [0.05, 0.1) is 23.5 Å². The molecule has 0 spiro atoms. The number of carbonyl (C=O) groups is 1. The third-order valence-electron chi connectivity index (χ3n) is 4.31. The van der Waals surface area contributed by atoms with E-state index in [0.717, 1.165) is 11.9 Å². The number of piperazine rings is 1. The topological polar surface area (TPSA) is 45.7 Å². The van der Waals surface area contributed by atoms with Gasteiger partial charge in [0.25, 0.3) is 0 Å². The minimum atomic E-state index is -0.756. The highest BCUT2D eigenvalue weighted by molar-refractivity contribution is 6.33. The molecule has 3 rings (SSSR count). The predicted octanol–water partition coefficient (Wildman–Crippen LogP) is 2.88. The molecule has 0 bridgehead atoms. The lowest BCUT2D eigenvalue weighted by atomic mass is 10.2. The first kappa shape index (κ1) is 18.7. The first-order valence-corrected chi connectivity index (χ1v) is 8.55. The van der Waals surface area contributed by atoms with Gasteiger partial charge in [0.2, 0.25) is 0 Å². The monoisotopic (exact) mass is 381 g/mol. The number of ether oxygens (including phenoxy) is 1. The molecule has 1 aliphatic heterocycles. The summed E-state index contributed by atoms with van der Waals surface area (Å²) in [6.07, 6.45) is 2.54. The van der Waals surface area contributed by atoms with Crippen molar-refractivity contribution in [3.8, 4) is 0 Å². The fourth-order valence-electron chi connectivity index (χ4n) is 2.88. The Hall–Kier alpha value is -2.09. The van der Waals surface area contributed by atoms with E-state index in [1.54, 1.807) is 6.07 Å². The molecule has 1 unspecified atom stereocenters.